The third kappa shape index (κ3) is 10.6. The van der Waals surface area contributed by atoms with E-state index in [9.17, 15) is 4.57 Å². The predicted molar refractivity (Wildman–Crippen MR) is 66.4 cm³/mol. The van der Waals surface area contributed by atoms with E-state index in [1.54, 1.807) is 0 Å². The molecule has 0 aliphatic rings. The van der Waals surface area contributed by atoms with Crippen molar-refractivity contribution >= 4 is 8.25 Å². The SMILES string of the molecule is CCCCCCO[PH](=O)OC(N)CCCN. The Balaban J connectivity index is 3.36. The lowest BCUT2D eigenvalue weighted by molar-refractivity contribution is 0.158. The van der Waals surface area contributed by atoms with Crippen LogP contribution in [0.4, 0.5) is 0 Å². The van der Waals surface area contributed by atoms with E-state index in [1.165, 1.54) is 12.8 Å². The van der Waals surface area contributed by atoms with Crippen LogP contribution in [0.15, 0.2) is 0 Å². The monoisotopic (exact) mass is 252 g/mol. The fraction of sp³-hybridized carbons (Fsp3) is 1.00. The van der Waals surface area contributed by atoms with Gasteiger partial charge in [-0.05, 0) is 25.8 Å². The van der Waals surface area contributed by atoms with Crippen LogP contribution in [0.25, 0.3) is 0 Å². The molecule has 0 amide bonds. The van der Waals surface area contributed by atoms with E-state index in [2.05, 4.69) is 6.92 Å². The highest BCUT2D eigenvalue weighted by Crippen LogP contribution is 2.26. The zero-order chi connectivity index (χ0) is 12.2. The van der Waals surface area contributed by atoms with Gasteiger partial charge in [0, 0.05) is 0 Å². The van der Waals surface area contributed by atoms with Crippen LogP contribution in [-0.4, -0.2) is 19.4 Å². The smallest absolute Gasteiger partial charge is 0.320 e. The lowest BCUT2D eigenvalue weighted by Gasteiger charge is -2.12. The molecule has 0 aliphatic carbocycles. The molecule has 0 aromatic heterocycles. The van der Waals surface area contributed by atoms with Gasteiger partial charge in [0.25, 0.3) is 0 Å². The molecule has 0 aliphatic heterocycles. The Hall–Kier alpha value is 0.0700. The Morgan fingerprint density at radius 1 is 1.25 bits per heavy atom. The van der Waals surface area contributed by atoms with Gasteiger partial charge < -0.3 is 16.0 Å². The van der Waals surface area contributed by atoms with E-state index in [0.717, 1.165) is 19.3 Å². The molecule has 0 spiro atoms. The molecule has 0 saturated heterocycles. The molecule has 0 radical (unpaired) electrons. The van der Waals surface area contributed by atoms with Gasteiger partial charge in [-0.25, -0.2) is 0 Å². The normalized spacial score (nSPS) is 14.9. The maximum absolute atomic E-state index is 11.3. The summed E-state index contributed by atoms with van der Waals surface area (Å²) in [6, 6.07) is 0. The van der Waals surface area contributed by atoms with Gasteiger partial charge in [-0.2, -0.15) is 0 Å². The van der Waals surface area contributed by atoms with Crippen molar-refractivity contribution in [2.24, 2.45) is 11.5 Å². The second-order valence-corrected chi connectivity index (χ2v) is 4.77. The molecule has 5 nitrogen and oxygen atoms in total. The second-order valence-electron chi connectivity index (χ2n) is 3.75. The third-order valence-corrected chi connectivity index (χ3v) is 3.09. The van der Waals surface area contributed by atoms with Crippen LogP contribution in [0.1, 0.15) is 45.4 Å². The van der Waals surface area contributed by atoms with Crippen LogP contribution < -0.4 is 11.5 Å². The topological polar surface area (TPSA) is 87.6 Å². The van der Waals surface area contributed by atoms with Crippen LogP contribution in [0.2, 0.25) is 0 Å². The highest BCUT2D eigenvalue weighted by Gasteiger charge is 2.07. The van der Waals surface area contributed by atoms with Crippen molar-refractivity contribution in [2.75, 3.05) is 13.2 Å². The molecule has 2 atom stereocenters. The molecule has 0 bridgehead atoms. The molecule has 98 valence electrons. The summed E-state index contributed by atoms with van der Waals surface area (Å²) in [5.41, 5.74) is 10.9. The highest BCUT2D eigenvalue weighted by atomic mass is 31.1. The van der Waals surface area contributed by atoms with Crippen LogP contribution in [0.5, 0.6) is 0 Å². The van der Waals surface area contributed by atoms with Gasteiger partial charge in [0.15, 0.2) is 0 Å². The van der Waals surface area contributed by atoms with Crippen molar-refractivity contribution in [3.8, 4) is 0 Å². The molecule has 16 heavy (non-hydrogen) atoms. The first kappa shape index (κ1) is 16.1. The number of unbranched alkanes of at least 4 members (excludes halogenated alkanes) is 3. The zero-order valence-electron chi connectivity index (χ0n) is 10.1. The van der Waals surface area contributed by atoms with Crippen LogP contribution in [0, 0.1) is 0 Å². The molecule has 0 saturated carbocycles. The Kier molecular flexibility index (Phi) is 11.6. The number of nitrogens with two attached hydrogens (primary N) is 2. The minimum Gasteiger partial charge on any atom is -0.330 e. The van der Waals surface area contributed by atoms with E-state index in [1.807, 2.05) is 0 Å². The lowest BCUT2D eigenvalue weighted by atomic mass is 10.2. The van der Waals surface area contributed by atoms with Crippen molar-refractivity contribution in [3.63, 3.8) is 0 Å². The van der Waals surface area contributed by atoms with Crippen molar-refractivity contribution in [2.45, 2.75) is 51.7 Å². The number of hydrogen-bond donors (Lipinski definition) is 2. The third-order valence-electron chi connectivity index (χ3n) is 2.16. The summed E-state index contributed by atoms with van der Waals surface area (Å²) in [4.78, 5) is 0. The molecule has 4 N–H and O–H groups in total. The minimum atomic E-state index is -2.42. The second kappa shape index (κ2) is 11.6. The van der Waals surface area contributed by atoms with Gasteiger partial charge in [-0.1, -0.05) is 26.2 Å². The summed E-state index contributed by atoms with van der Waals surface area (Å²) in [5, 5.41) is 0. The zero-order valence-corrected chi connectivity index (χ0v) is 11.1. The maximum atomic E-state index is 11.3. The number of hydrogen-bond acceptors (Lipinski definition) is 5. The Labute approximate surface area is 98.8 Å². The maximum Gasteiger partial charge on any atom is 0.320 e. The van der Waals surface area contributed by atoms with Gasteiger partial charge in [0.05, 0.1) is 6.61 Å². The van der Waals surface area contributed by atoms with Gasteiger partial charge in [-0.15, -0.1) is 0 Å². The number of rotatable bonds is 11. The minimum absolute atomic E-state index is 0.488. The molecular weight excluding hydrogens is 227 g/mol. The highest BCUT2D eigenvalue weighted by molar-refractivity contribution is 7.33. The fourth-order valence-electron chi connectivity index (χ4n) is 1.22. The first-order valence-corrected chi connectivity index (χ1v) is 7.22. The van der Waals surface area contributed by atoms with Crippen LogP contribution in [-0.2, 0) is 13.6 Å². The molecule has 0 rings (SSSR count). The summed E-state index contributed by atoms with van der Waals surface area (Å²) in [6.45, 7) is 3.19. The lowest BCUT2D eigenvalue weighted by Crippen LogP contribution is -2.22. The first-order chi connectivity index (χ1) is 7.70. The van der Waals surface area contributed by atoms with E-state index in [0.29, 0.717) is 19.6 Å². The molecular formula is C10H25N2O3P. The average Bonchev–Trinajstić information content (AvgIpc) is 2.26. The van der Waals surface area contributed by atoms with E-state index >= 15 is 0 Å². The van der Waals surface area contributed by atoms with Gasteiger partial charge in [-0.3, -0.25) is 9.09 Å². The standard InChI is InChI=1S/C10H25N2O3P/c1-2-3-4-5-9-14-16(13)15-10(12)7-6-8-11/h10,16H,2-9,11-12H2,1H3. The summed E-state index contributed by atoms with van der Waals surface area (Å²) < 4.78 is 21.3. The average molecular weight is 252 g/mol. The summed E-state index contributed by atoms with van der Waals surface area (Å²) in [5.74, 6) is 0. The first-order valence-electron chi connectivity index (χ1n) is 5.99. The quantitative estimate of drug-likeness (QED) is 0.333. The summed E-state index contributed by atoms with van der Waals surface area (Å²) in [7, 11) is -2.42. The van der Waals surface area contributed by atoms with E-state index in [-0.39, 0.29) is 0 Å². The van der Waals surface area contributed by atoms with E-state index < -0.39 is 14.5 Å². The largest absolute Gasteiger partial charge is 0.330 e. The molecule has 0 heterocycles. The van der Waals surface area contributed by atoms with Crippen LogP contribution in [0.3, 0.4) is 0 Å². The Morgan fingerprint density at radius 2 is 2.00 bits per heavy atom. The summed E-state index contributed by atoms with van der Waals surface area (Å²) in [6.07, 6.45) is 5.25. The Morgan fingerprint density at radius 3 is 2.62 bits per heavy atom. The van der Waals surface area contributed by atoms with Gasteiger partial charge in [0.1, 0.15) is 6.23 Å². The molecule has 0 aromatic carbocycles. The Bertz CT molecular complexity index is 181. The summed E-state index contributed by atoms with van der Waals surface area (Å²) >= 11 is 0. The van der Waals surface area contributed by atoms with Crippen molar-refractivity contribution in [1.29, 1.82) is 0 Å². The van der Waals surface area contributed by atoms with Crippen molar-refractivity contribution in [3.05, 3.63) is 0 Å². The van der Waals surface area contributed by atoms with Crippen molar-refractivity contribution < 1.29 is 13.6 Å². The molecule has 0 aromatic rings. The molecule has 6 heteroatoms. The van der Waals surface area contributed by atoms with E-state index in [4.69, 9.17) is 20.5 Å². The fourth-order valence-corrected chi connectivity index (χ4v) is 1.96. The van der Waals surface area contributed by atoms with Crippen molar-refractivity contribution in [1.82, 2.24) is 0 Å². The van der Waals surface area contributed by atoms with Gasteiger partial charge >= 0.3 is 8.25 Å². The molecule has 0 fully saturated rings. The molecule has 2 unspecified atom stereocenters. The van der Waals surface area contributed by atoms with Crippen LogP contribution >= 0.6 is 8.25 Å². The van der Waals surface area contributed by atoms with Gasteiger partial charge in [0.2, 0.25) is 0 Å². The predicted octanol–water partition coefficient (Wildman–Crippen LogP) is 2.01.